The van der Waals surface area contributed by atoms with Crippen LogP contribution in [-0.2, 0) is 4.79 Å². The smallest absolute Gasteiger partial charge is 0.331 e. The van der Waals surface area contributed by atoms with E-state index in [-0.39, 0.29) is 5.69 Å². The molecule has 8 heteroatoms. The Kier molecular flexibility index (Phi) is 5.20. The van der Waals surface area contributed by atoms with Gasteiger partial charge < -0.3 is 15.3 Å². The van der Waals surface area contributed by atoms with E-state index in [1.165, 1.54) is 6.42 Å². The Morgan fingerprint density at radius 3 is 2.62 bits per heavy atom. The summed E-state index contributed by atoms with van der Waals surface area (Å²) in [6, 6.07) is 2.47. The van der Waals surface area contributed by atoms with Gasteiger partial charge in [-0.2, -0.15) is 5.10 Å². The first kappa shape index (κ1) is 17.9. The number of carbonyl (C=O) groups excluding carboxylic acids is 1. The first-order chi connectivity index (χ1) is 12.5. The fourth-order valence-corrected chi connectivity index (χ4v) is 3.40. The molecule has 0 spiro atoms. The van der Waals surface area contributed by atoms with Crippen molar-refractivity contribution in [3.8, 4) is 0 Å². The summed E-state index contributed by atoms with van der Waals surface area (Å²) in [4.78, 5) is 31.0. The van der Waals surface area contributed by atoms with Gasteiger partial charge >= 0.3 is 5.97 Å². The van der Waals surface area contributed by atoms with E-state index in [2.05, 4.69) is 25.4 Å². The van der Waals surface area contributed by atoms with Crippen LogP contribution in [0.15, 0.2) is 18.3 Å². The van der Waals surface area contributed by atoms with Crippen molar-refractivity contribution in [3.63, 3.8) is 0 Å². The number of nitrogens with zero attached hydrogens (tertiary/aromatic N) is 3. The standard InChI is InChI=1S/C18H23N5O3/c1-11-14(12(2)22-21-11)16(18(25)26)20-17(24)15-13(7-6-8-19-15)23-9-4-3-5-10-23/h6-8,16H,3-5,9-10H2,1-2H3,(H,20,24)(H,21,22)(H,25,26)/t16-/m1/s1. The summed E-state index contributed by atoms with van der Waals surface area (Å²) < 4.78 is 0. The fraction of sp³-hybridized carbons (Fsp3) is 0.444. The van der Waals surface area contributed by atoms with E-state index in [4.69, 9.17) is 0 Å². The molecule has 3 N–H and O–H groups in total. The van der Waals surface area contributed by atoms with E-state index >= 15 is 0 Å². The number of aromatic nitrogens is 3. The molecular weight excluding hydrogens is 334 g/mol. The highest BCUT2D eigenvalue weighted by Crippen LogP contribution is 2.25. The molecule has 0 aromatic carbocycles. The molecule has 0 radical (unpaired) electrons. The Hall–Kier alpha value is -2.90. The highest BCUT2D eigenvalue weighted by molar-refractivity contribution is 5.99. The zero-order chi connectivity index (χ0) is 18.7. The summed E-state index contributed by atoms with van der Waals surface area (Å²) in [5.41, 5.74) is 2.63. The predicted molar refractivity (Wildman–Crippen MR) is 96.2 cm³/mol. The molecule has 3 heterocycles. The first-order valence-corrected chi connectivity index (χ1v) is 8.74. The summed E-state index contributed by atoms with van der Waals surface area (Å²) in [5, 5.41) is 19.0. The van der Waals surface area contributed by atoms with Gasteiger partial charge in [-0.3, -0.25) is 9.89 Å². The van der Waals surface area contributed by atoms with Crippen LogP contribution in [0.1, 0.15) is 52.7 Å². The van der Waals surface area contributed by atoms with Gasteiger partial charge in [-0.15, -0.1) is 0 Å². The number of rotatable bonds is 5. The number of aryl methyl sites for hydroxylation is 2. The van der Waals surface area contributed by atoms with Crippen LogP contribution in [0.4, 0.5) is 5.69 Å². The molecule has 1 atom stereocenters. The number of piperidine rings is 1. The maximum atomic E-state index is 12.8. The van der Waals surface area contributed by atoms with Crippen LogP contribution in [0.5, 0.6) is 0 Å². The number of aliphatic carboxylic acids is 1. The number of aromatic amines is 1. The second kappa shape index (κ2) is 7.55. The molecule has 1 aliphatic rings. The van der Waals surface area contributed by atoms with E-state index in [0.717, 1.165) is 31.6 Å². The number of hydrogen-bond acceptors (Lipinski definition) is 5. The highest BCUT2D eigenvalue weighted by Gasteiger charge is 2.29. The monoisotopic (exact) mass is 357 g/mol. The Balaban J connectivity index is 1.88. The van der Waals surface area contributed by atoms with Crippen LogP contribution < -0.4 is 10.2 Å². The lowest BCUT2D eigenvalue weighted by Gasteiger charge is -2.30. The van der Waals surface area contributed by atoms with Gasteiger partial charge in [0.25, 0.3) is 5.91 Å². The zero-order valence-electron chi connectivity index (χ0n) is 15.0. The minimum Gasteiger partial charge on any atom is -0.479 e. The number of nitrogens with one attached hydrogen (secondary N) is 2. The van der Waals surface area contributed by atoms with Gasteiger partial charge in [-0.05, 0) is 45.2 Å². The lowest BCUT2D eigenvalue weighted by Crippen LogP contribution is -2.37. The summed E-state index contributed by atoms with van der Waals surface area (Å²) >= 11 is 0. The van der Waals surface area contributed by atoms with Crippen molar-refractivity contribution < 1.29 is 14.7 Å². The molecule has 2 aromatic rings. The van der Waals surface area contributed by atoms with Gasteiger partial charge in [0.05, 0.1) is 11.4 Å². The summed E-state index contributed by atoms with van der Waals surface area (Å²) in [6.45, 7) is 5.18. The molecule has 1 aliphatic heterocycles. The number of amides is 1. The van der Waals surface area contributed by atoms with Crippen molar-refractivity contribution in [2.75, 3.05) is 18.0 Å². The molecule has 1 saturated heterocycles. The number of carboxylic acids is 1. The van der Waals surface area contributed by atoms with E-state index in [1.54, 1.807) is 26.1 Å². The van der Waals surface area contributed by atoms with Crippen molar-refractivity contribution in [1.82, 2.24) is 20.5 Å². The average Bonchev–Trinajstić information content (AvgIpc) is 2.98. The number of pyridine rings is 1. The van der Waals surface area contributed by atoms with Crippen LogP contribution in [0.2, 0.25) is 0 Å². The van der Waals surface area contributed by atoms with Crippen LogP contribution in [-0.4, -0.2) is 45.3 Å². The molecule has 0 aliphatic carbocycles. The molecule has 26 heavy (non-hydrogen) atoms. The molecule has 2 aromatic heterocycles. The predicted octanol–water partition coefficient (Wildman–Crippen LogP) is 1.97. The molecule has 1 amide bonds. The van der Waals surface area contributed by atoms with Crippen molar-refractivity contribution in [2.24, 2.45) is 0 Å². The second-order valence-electron chi connectivity index (χ2n) is 6.51. The van der Waals surface area contributed by atoms with E-state index in [0.29, 0.717) is 17.0 Å². The Bertz CT molecular complexity index is 791. The van der Waals surface area contributed by atoms with Gasteiger partial charge in [0.15, 0.2) is 11.7 Å². The summed E-state index contributed by atoms with van der Waals surface area (Å²) in [7, 11) is 0. The lowest BCUT2D eigenvalue weighted by atomic mass is 10.0. The van der Waals surface area contributed by atoms with Crippen LogP contribution in [0, 0.1) is 13.8 Å². The third kappa shape index (κ3) is 3.54. The Morgan fingerprint density at radius 1 is 1.27 bits per heavy atom. The largest absolute Gasteiger partial charge is 0.479 e. The maximum Gasteiger partial charge on any atom is 0.331 e. The minimum atomic E-state index is -1.18. The third-order valence-electron chi connectivity index (χ3n) is 4.69. The maximum absolute atomic E-state index is 12.8. The fourth-order valence-electron chi connectivity index (χ4n) is 3.40. The summed E-state index contributed by atoms with van der Waals surface area (Å²) in [5.74, 6) is -1.64. The SMILES string of the molecule is Cc1n[nH]c(C)c1[C@@H](NC(=O)c1ncccc1N1CCCCC1)C(=O)O. The van der Waals surface area contributed by atoms with Gasteiger partial charge in [-0.25, -0.2) is 9.78 Å². The molecule has 138 valence electrons. The number of hydrogen-bond donors (Lipinski definition) is 3. The molecule has 0 unspecified atom stereocenters. The van der Waals surface area contributed by atoms with Gasteiger partial charge in [0.1, 0.15) is 0 Å². The van der Waals surface area contributed by atoms with E-state index < -0.39 is 17.9 Å². The van der Waals surface area contributed by atoms with Gasteiger partial charge in [-0.1, -0.05) is 0 Å². The minimum absolute atomic E-state index is 0.249. The number of carboxylic acid groups (broad SMARTS) is 1. The van der Waals surface area contributed by atoms with Crippen LogP contribution in [0.25, 0.3) is 0 Å². The normalized spacial score (nSPS) is 15.5. The Morgan fingerprint density at radius 2 is 2.00 bits per heavy atom. The summed E-state index contributed by atoms with van der Waals surface area (Å²) in [6.07, 6.45) is 4.87. The number of carbonyl (C=O) groups is 2. The first-order valence-electron chi connectivity index (χ1n) is 8.74. The number of anilines is 1. The Labute approximate surface area is 151 Å². The zero-order valence-corrected chi connectivity index (χ0v) is 15.0. The average molecular weight is 357 g/mol. The lowest BCUT2D eigenvalue weighted by molar-refractivity contribution is -0.139. The van der Waals surface area contributed by atoms with Crippen molar-refractivity contribution in [3.05, 3.63) is 41.0 Å². The topological polar surface area (TPSA) is 111 Å². The molecule has 8 nitrogen and oxygen atoms in total. The number of H-pyrrole nitrogens is 1. The molecule has 1 fully saturated rings. The molecule has 3 rings (SSSR count). The van der Waals surface area contributed by atoms with Gasteiger partial charge in [0, 0.05) is 30.5 Å². The molecule has 0 bridgehead atoms. The van der Waals surface area contributed by atoms with Crippen LogP contribution >= 0.6 is 0 Å². The highest BCUT2D eigenvalue weighted by atomic mass is 16.4. The molecular formula is C18H23N5O3. The van der Waals surface area contributed by atoms with Crippen LogP contribution in [0.3, 0.4) is 0 Å². The quantitative estimate of drug-likeness (QED) is 0.754. The van der Waals surface area contributed by atoms with Crippen molar-refractivity contribution in [2.45, 2.75) is 39.2 Å². The van der Waals surface area contributed by atoms with Crippen molar-refractivity contribution >= 4 is 17.6 Å². The third-order valence-corrected chi connectivity index (χ3v) is 4.69. The van der Waals surface area contributed by atoms with Gasteiger partial charge in [0.2, 0.25) is 0 Å². The molecule has 0 saturated carbocycles. The second-order valence-corrected chi connectivity index (χ2v) is 6.51. The van der Waals surface area contributed by atoms with Crippen molar-refractivity contribution in [1.29, 1.82) is 0 Å². The van der Waals surface area contributed by atoms with E-state index in [9.17, 15) is 14.7 Å². The van der Waals surface area contributed by atoms with E-state index in [1.807, 2.05) is 6.07 Å².